The summed E-state index contributed by atoms with van der Waals surface area (Å²) in [6.07, 6.45) is -3.03. The van der Waals surface area contributed by atoms with Crippen LogP contribution in [0.5, 0.6) is 0 Å². The summed E-state index contributed by atoms with van der Waals surface area (Å²) in [6.45, 7) is 4.58. The van der Waals surface area contributed by atoms with Crippen LogP contribution < -0.4 is 5.32 Å². The summed E-state index contributed by atoms with van der Waals surface area (Å²) in [7, 11) is 0. The van der Waals surface area contributed by atoms with Gasteiger partial charge in [-0.2, -0.15) is 18.4 Å². The molecule has 1 aromatic carbocycles. The lowest BCUT2D eigenvalue weighted by Crippen LogP contribution is -2.32. The quantitative estimate of drug-likeness (QED) is 0.738. The van der Waals surface area contributed by atoms with Gasteiger partial charge in [-0.15, -0.1) is 11.3 Å². The van der Waals surface area contributed by atoms with Gasteiger partial charge in [0.05, 0.1) is 11.1 Å². The van der Waals surface area contributed by atoms with E-state index >= 15 is 0 Å². The lowest BCUT2D eigenvalue weighted by atomic mass is 10.1. The molecule has 9 heteroatoms. The SMILES string of the molecule is N#Cc1ccsc1NC(=O)CCN1CCCN(Cc2ccc(C(F)(F)F)cc2)CC1. The van der Waals surface area contributed by atoms with Gasteiger partial charge in [-0.05, 0) is 48.7 Å². The van der Waals surface area contributed by atoms with Crippen molar-refractivity contribution in [3.63, 3.8) is 0 Å². The van der Waals surface area contributed by atoms with Gasteiger partial charge in [-0.1, -0.05) is 12.1 Å². The van der Waals surface area contributed by atoms with Crippen molar-refractivity contribution in [1.29, 1.82) is 5.26 Å². The molecule has 0 bridgehead atoms. The van der Waals surface area contributed by atoms with E-state index in [2.05, 4.69) is 21.2 Å². The molecule has 0 unspecified atom stereocenters. The van der Waals surface area contributed by atoms with E-state index in [1.54, 1.807) is 11.4 Å². The number of nitrogens with one attached hydrogen (secondary N) is 1. The molecule has 1 amide bonds. The standard InChI is InChI=1S/C21H23F3N4OS/c22-21(23,24)18-4-2-16(3-5-18)15-28-9-1-8-27(11-12-28)10-6-19(29)26-20-17(14-25)7-13-30-20/h2-5,7,13H,1,6,8-12,15H2,(H,26,29). The van der Waals surface area contributed by atoms with Gasteiger partial charge in [0.25, 0.3) is 0 Å². The Morgan fingerprint density at radius 2 is 1.80 bits per heavy atom. The number of thiophene rings is 1. The number of anilines is 1. The molecule has 2 aromatic rings. The van der Waals surface area contributed by atoms with Gasteiger partial charge >= 0.3 is 6.18 Å². The summed E-state index contributed by atoms with van der Waals surface area (Å²) in [5, 5.41) is 14.2. The third-order valence-electron chi connectivity index (χ3n) is 5.06. The van der Waals surface area contributed by atoms with Crippen LogP contribution >= 0.6 is 11.3 Å². The highest BCUT2D eigenvalue weighted by molar-refractivity contribution is 7.14. The Bertz CT molecular complexity index is 889. The third-order valence-corrected chi connectivity index (χ3v) is 5.89. The maximum atomic E-state index is 12.7. The van der Waals surface area contributed by atoms with E-state index < -0.39 is 11.7 Å². The highest BCUT2D eigenvalue weighted by Gasteiger charge is 2.30. The van der Waals surface area contributed by atoms with Crippen molar-refractivity contribution in [1.82, 2.24) is 9.80 Å². The van der Waals surface area contributed by atoms with Crippen LogP contribution in [0.25, 0.3) is 0 Å². The molecule has 160 valence electrons. The van der Waals surface area contributed by atoms with Crippen LogP contribution in [0.3, 0.4) is 0 Å². The average molecular weight is 437 g/mol. The highest BCUT2D eigenvalue weighted by Crippen LogP contribution is 2.29. The fraction of sp³-hybridized carbons (Fsp3) is 0.429. The molecule has 1 aromatic heterocycles. The molecule has 1 aliphatic rings. The van der Waals surface area contributed by atoms with Crippen molar-refractivity contribution in [2.24, 2.45) is 0 Å². The Morgan fingerprint density at radius 1 is 1.10 bits per heavy atom. The second-order valence-electron chi connectivity index (χ2n) is 7.24. The van der Waals surface area contributed by atoms with Crippen LogP contribution in [0.1, 0.15) is 29.5 Å². The minimum Gasteiger partial charge on any atom is -0.317 e. The van der Waals surface area contributed by atoms with Gasteiger partial charge in [0.15, 0.2) is 0 Å². The maximum absolute atomic E-state index is 12.7. The van der Waals surface area contributed by atoms with Crippen LogP contribution in [0.4, 0.5) is 18.2 Å². The first-order valence-electron chi connectivity index (χ1n) is 9.73. The molecule has 0 spiro atoms. The molecule has 3 rings (SSSR count). The molecule has 0 radical (unpaired) electrons. The van der Waals surface area contributed by atoms with Gasteiger partial charge in [-0.25, -0.2) is 0 Å². The van der Waals surface area contributed by atoms with Gasteiger partial charge in [0.1, 0.15) is 11.1 Å². The number of hydrogen-bond donors (Lipinski definition) is 1. The fourth-order valence-electron chi connectivity index (χ4n) is 3.41. The van der Waals surface area contributed by atoms with Crippen LogP contribution in [-0.4, -0.2) is 48.4 Å². The molecule has 0 saturated carbocycles. The zero-order chi connectivity index (χ0) is 21.6. The van der Waals surface area contributed by atoms with E-state index in [-0.39, 0.29) is 5.91 Å². The average Bonchev–Trinajstić information content (AvgIpc) is 3.03. The Labute approximate surface area is 177 Å². The third kappa shape index (κ3) is 6.29. The van der Waals surface area contributed by atoms with Gasteiger partial charge in [0, 0.05) is 32.6 Å². The summed E-state index contributed by atoms with van der Waals surface area (Å²) < 4.78 is 38.1. The molecule has 30 heavy (non-hydrogen) atoms. The Kier molecular flexibility index (Phi) is 7.48. The molecule has 1 aliphatic heterocycles. The molecular formula is C21H23F3N4OS. The largest absolute Gasteiger partial charge is 0.416 e. The number of benzene rings is 1. The summed E-state index contributed by atoms with van der Waals surface area (Å²) in [5.74, 6) is -0.111. The number of nitrogens with zero attached hydrogens (tertiary/aromatic N) is 3. The molecular weight excluding hydrogens is 413 g/mol. The number of carbonyl (C=O) groups excluding carboxylic acids is 1. The lowest BCUT2D eigenvalue weighted by Gasteiger charge is -2.22. The van der Waals surface area contributed by atoms with E-state index in [4.69, 9.17) is 5.26 Å². The van der Waals surface area contributed by atoms with Crippen molar-refractivity contribution in [3.05, 3.63) is 52.4 Å². The number of amides is 1. The van der Waals surface area contributed by atoms with Crippen molar-refractivity contribution in [3.8, 4) is 6.07 Å². The van der Waals surface area contributed by atoms with E-state index in [0.717, 1.165) is 50.3 Å². The van der Waals surface area contributed by atoms with Crippen molar-refractivity contribution in [2.75, 3.05) is 38.0 Å². The van der Waals surface area contributed by atoms with Gasteiger partial charge < -0.3 is 10.2 Å². The fourth-order valence-corrected chi connectivity index (χ4v) is 4.16. The van der Waals surface area contributed by atoms with Crippen LogP contribution in [0.15, 0.2) is 35.7 Å². The maximum Gasteiger partial charge on any atom is 0.416 e. The predicted octanol–water partition coefficient (Wildman–Crippen LogP) is 4.18. The summed E-state index contributed by atoms with van der Waals surface area (Å²) in [4.78, 5) is 16.6. The Morgan fingerprint density at radius 3 is 2.50 bits per heavy atom. The van der Waals surface area contributed by atoms with E-state index in [1.165, 1.54) is 23.5 Å². The molecule has 0 aliphatic carbocycles. The minimum absolute atomic E-state index is 0.111. The second-order valence-corrected chi connectivity index (χ2v) is 8.16. The summed E-state index contributed by atoms with van der Waals surface area (Å²) >= 11 is 1.33. The Hall–Kier alpha value is -2.41. The lowest BCUT2D eigenvalue weighted by molar-refractivity contribution is -0.137. The number of nitriles is 1. The summed E-state index contributed by atoms with van der Waals surface area (Å²) in [5.41, 5.74) is 0.707. The number of halogens is 3. The first kappa shape index (κ1) is 22.3. The monoisotopic (exact) mass is 436 g/mol. The van der Waals surface area contributed by atoms with Gasteiger partial charge in [-0.3, -0.25) is 9.69 Å². The number of alkyl halides is 3. The van der Waals surface area contributed by atoms with E-state index in [9.17, 15) is 18.0 Å². The normalized spacial score (nSPS) is 16.1. The highest BCUT2D eigenvalue weighted by atomic mass is 32.1. The zero-order valence-corrected chi connectivity index (χ0v) is 17.2. The Balaban J connectivity index is 1.43. The number of carbonyl (C=O) groups is 1. The first-order valence-corrected chi connectivity index (χ1v) is 10.6. The number of rotatable bonds is 6. The first-order chi connectivity index (χ1) is 14.3. The topological polar surface area (TPSA) is 59.4 Å². The van der Waals surface area contributed by atoms with Crippen LogP contribution in [0.2, 0.25) is 0 Å². The van der Waals surface area contributed by atoms with E-state index in [1.807, 2.05) is 0 Å². The molecule has 1 saturated heterocycles. The van der Waals surface area contributed by atoms with E-state index in [0.29, 0.717) is 30.1 Å². The van der Waals surface area contributed by atoms with Crippen molar-refractivity contribution >= 4 is 22.2 Å². The molecule has 1 fully saturated rings. The van der Waals surface area contributed by atoms with Gasteiger partial charge in [0.2, 0.25) is 5.91 Å². The smallest absolute Gasteiger partial charge is 0.317 e. The molecule has 1 N–H and O–H groups in total. The zero-order valence-electron chi connectivity index (χ0n) is 16.4. The molecule has 0 atom stereocenters. The number of hydrogen-bond acceptors (Lipinski definition) is 5. The predicted molar refractivity (Wildman–Crippen MR) is 110 cm³/mol. The summed E-state index contributed by atoms with van der Waals surface area (Å²) in [6, 6.07) is 9.07. The van der Waals surface area contributed by atoms with Crippen LogP contribution in [0, 0.1) is 11.3 Å². The second kappa shape index (κ2) is 10.1. The van der Waals surface area contributed by atoms with Crippen molar-refractivity contribution < 1.29 is 18.0 Å². The van der Waals surface area contributed by atoms with Crippen molar-refractivity contribution in [2.45, 2.75) is 25.6 Å². The molecule has 5 nitrogen and oxygen atoms in total. The van der Waals surface area contributed by atoms with Crippen LogP contribution in [-0.2, 0) is 17.5 Å². The molecule has 2 heterocycles. The minimum atomic E-state index is -4.31.